The maximum atomic E-state index is 6.18. The van der Waals surface area contributed by atoms with E-state index in [2.05, 4.69) is 156 Å². The molecule has 9 rings (SSSR count). The summed E-state index contributed by atoms with van der Waals surface area (Å²) in [5.74, 6) is 0.189. The molecule has 0 N–H and O–H groups in total. The Morgan fingerprint density at radius 2 is 1.28 bits per heavy atom. The number of halogens is 1. The SMILES string of the molecule is Cc1c(-c2ccccc2)cc(-c2ccccc2)nc1CC1c2ccccc2-c2ccc(-c3ccc4oc5cccc(Br)c5c4c3)cc21. The van der Waals surface area contributed by atoms with Crippen LogP contribution in [0.25, 0.3) is 66.6 Å². The molecule has 3 heteroatoms. The highest BCUT2D eigenvalue weighted by atomic mass is 79.9. The van der Waals surface area contributed by atoms with Crippen molar-refractivity contribution in [1.29, 1.82) is 0 Å². The van der Waals surface area contributed by atoms with Gasteiger partial charge in [0.1, 0.15) is 11.2 Å². The summed E-state index contributed by atoms with van der Waals surface area (Å²) in [5, 5.41) is 2.24. The zero-order chi connectivity index (χ0) is 31.5. The maximum absolute atomic E-state index is 6.18. The molecule has 224 valence electrons. The average molecular weight is 669 g/mol. The van der Waals surface area contributed by atoms with Crippen LogP contribution in [0.1, 0.15) is 28.3 Å². The van der Waals surface area contributed by atoms with Crippen molar-refractivity contribution in [3.8, 4) is 44.6 Å². The number of pyridine rings is 1. The van der Waals surface area contributed by atoms with Crippen molar-refractivity contribution >= 4 is 37.9 Å². The Hall–Kier alpha value is -5.25. The Labute approximate surface area is 282 Å². The number of fused-ring (bicyclic) bond motifs is 6. The highest BCUT2D eigenvalue weighted by Gasteiger charge is 2.30. The van der Waals surface area contributed by atoms with Crippen molar-refractivity contribution in [3.63, 3.8) is 0 Å². The van der Waals surface area contributed by atoms with Gasteiger partial charge in [-0.05, 0) is 93.4 Å². The summed E-state index contributed by atoms with van der Waals surface area (Å²) in [6, 6.07) is 52.1. The second kappa shape index (κ2) is 11.2. The standard InChI is InChI=1S/C44H30BrNO/c1-27-35(28-11-4-2-5-12-28)25-41(29-13-6-3-7-14-29)46-40(27)26-37-33-16-9-8-15-32(33)34-21-19-30(23-36(34)37)31-20-22-42-38(24-31)44-39(45)17-10-18-43(44)47-42/h2-25,37H,26H2,1H3. The second-order valence-electron chi connectivity index (χ2n) is 12.4. The van der Waals surface area contributed by atoms with Crippen molar-refractivity contribution in [2.45, 2.75) is 19.3 Å². The van der Waals surface area contributed by atoms with Crippen molar-refractivity contribution in [3.05, 3.63) is 172 Å². The number of rotatable bonds is 5. The smallest absolute Gasteiger partial charge is 0.136 e. The number of nitrogens with zero attached hydrogens (tertiary/aromatic N) is 1. The molecule has 0 saturated heterocycles. The highest BCUT2D eigenvalue weighted by molar-refractivity contribution is 9.10. The average Bonchev–Trinajstić information content (AvgIpc) is 3.65. The Morgan fingerprint density at radius 3 is 2.11 bits per heavy atom. The van der Waals surface area contributed by atoms with Crippen LogP contribution >= 0.6 is 15.9 Å². The van der Waals surface area contributed by atoms with Gasteiger partial charge >= 0.3 is 0 Å². The molecule has 0 aliphatic heterocycles. The van der Waals surface area contributed by atoms with E-state index in [1.807, 2.05) is 12.1 Å². The van der Waals surface area contributed by atoms with Crippen LogP contribution in [0.2, 0.25) is 0 Å². The molecular formula is C44H30BrNO. The predicted molar refractivity (Wildman–Crippen MR) is 198 cm³/mol. The van der Waals surface area contributed by atoms with Crippen molar-refractivity contribution in [2.75, 3.05) is 0 Å². The quantitative estimate of drug-likeness (QED) is 0.182. The Balaban J connectivity index is 1.18. The minimum absolute atomic E-state index is 0.189. The maximum Gasteiger partial charge on any atom is 0.136 e. The van der Waals surface area contributed by atoms with Crippen LogP contribution in [-0.2, 0) is 6.42 Å². The van der Waals surface area contributed by atoms with E-state index < -0.39 is 0 Å². The van der Waals surface area contributed by atoms with E-state index in [9.17, 15) is 0 Å². The Kier molecular flexibility index (Phi) is 6.69. The molecule has 0 radical (unpaired) electrons. The number of benzene rings is 6. The lowest BCUT2D eigenvalue weighted by Crippen LogP contribution is -2.07. The van der Waals surface area contributed by atoms with E-state index in [-0.39, 0.29) is 5.92 Å². The van der Waals surface area contributed by atoms with Crippen LogP contribution < -0.4 is 0 Å². The lowest BCUT2D eigenvalue weighted by Gasteiger charge is -2.19. The van der Waals surface area contributed by atoms with Crippen LogP contribution in [0.5, 0.6) is 0 Å². The van der Waals surface area contributed by atoms with Crippen molar-refractivity contribution in [1.82, 2.24) is 4.98 Å². The van der Waals surface area contributed by atoms with Gasteiger partial charge in [-0.3, -0.25) is 4.98 Å². The van der Waals surface area contributed by atoms with E-state index in [0.29, 0.717) is 0 Å². The first-order chi connectivity index (χ1) is 23.1. The summed E-state index contributed by atoms with van der Waals surface area (Å²) >= 11 is 3.75. The van der Waals surface area contributed by atoms with Gasteiger partial charge < -0.3 is 4.42 Å². The van der Waals surface area contributed by atoms with Gasteiger partial charge in [-0.15, -0.1) is 0 Å². The first-order valence-electron chi connectivity index (χ1n) is 16.1. The molecule has 0 spiro atoms. The summed E-state index contributed by atoms with van der Waals surface area (Å²) in [6.45, 7) is 2.24. The zero-order valence-corrected chi connectivity index (χ0v) is 27.5. The lowest BCUT2D eigenvalue weighted by atomic mass is 9.87. The topological polar surface area (TPSA) is 26.0 Å². The van der Waals surface area contributed by atoms with E-state index in [1.165, 1.54) is 50.1 Å². The fourth-order valence-electron chi connectivity index (χ4n) is 7.40. The Morgan fingerprint density at radius 1 is 0.574 bits per heavy atom. The summed E-state index contributed by atoms with van der Waals surface area (Å²) < 4.78 is 7.23. The van der Waals surface area contributed by atoms with E-state index >= 15 is 0 Å². The summed E-state index contributed by atoms with van der Waals surface area (Å²) in [6.07, 6.45) is 0.818. The minimum Gasteiger partial charge on any atom is -0.456 e. The van der Waals surface area contributed by atoms with Crippen LogP contribution in [-0.4, -0.2) is 4.98 Å². The lowest BCUT2D eigenvalue weighted by molar-refractivity contribution is 0.669. The van der Waals surface area contributed by atoms with E-state index in [0.717, 1.165) is 49.8 Å². The van der Waals surface area contributed by atoms with Gasteiger partial charge in [-0.25, -0.2) is 0 Å². The molecule has 0 fully saturated rings. The van der Waals surface area contributed by atoms with Gasteiger partial charge in [0, 0.05) is 38.8 Å². The third kappa shape index (κ3) is 4.73. The van der Waals surface area contributed by atoms with Crippen molar-refractivity contribution in [2.24, 2.45) is 0 Å². The van der Waals surface area contributed by atoms with Crippen LogP contribution in [0.4, 0.5) is 0 Å². The first-order valence-corrected chi connectivity index (χ1v) is 16.9. The molecule has 1 aliphatic carbocycles. The summed E-state index contributed by atoms with van der Waals surface area (Å²) in [4.78, 5) is 5.37. The predicted octanol–water partition coefficient (Wildman–Crippen LogP) is 12.4. The third-order valence-corrected chi connectivity index (χ3v) is 10.4. The number of hydrogen-bond acceptors (Lipinski definition) is 2. The van der Waals surface area contributed by atoms with Gasteiger partial charge in [0.15, 0.2) is 0 Å². The third-order valence-electron chi connectivity index (χ3n) is 9.76. The molecule has 2 aromatic heterocycles. The van der Waals surface area contributed by atoms with Crippen molar-refractivity contribution < 1.29 is 4.42 Å². The molecule has 47 heavy (non-hydrogen) atoms. The largest absolute Gasteiger partial charge is 0.456 e. The molecule has 2 heterocycles. The van der Waals surface area contributed by atoms with Crippen LogP contribution in [0.3, 0.4) is 0 Å². The molecule has 6 aromatic carbocycles. The highest BCUT2D eigenvalue weighted by Crippen LogP contribution is 2.48. The monoisotopic (exact) mass is 667 g/mol. The van der Waals surface area contributed by atoms with E-state index in [4.69, 9.17) is 9.40 Å². The zero-order valence-electron chi connectivity index (χ0n) is 25.9. The molecule has 8 aromatic rings. The Bertz CT molecular complexity index is 2460. The van der Waals surface area contributed by atoms with Gasteiger partial charge in [0.25, 0.3) is 0 Å². The van der Waals surface area contributed by atoms with Gasteiger partial charge in [-0.2, -0.15) is 0 Å². The van der Waals surface area contributed by atoms with Crippen LogP contribution in [0.15, 0.2) is 154 Å². The van der Waals surface area contributed by atoms with E-state index in [1.54, 1.807) is 0 Å². The summed E-state index contributed by atoms with van der Waals surface area (Å²) in [7, 11) is 0. The first kappa shape index (κ1) is 28.0. The molecule has 1 aliphatic rings. The molecule has 1 unspecified atom stereocenters. The van der Waals surface area contributed by atoms with Gasteiger partial charge in [-0.1, -0.05) is 125 Å². The number of furan rings is 1. The molecule has 0 bridgehead atoms. The molecule has 0 saturated carbocycles. The minimum atomic E-state index is 0.189. The van der Waals surface area contributed by atoms with Gasteiger partial charge in [0.2, 0.25) is 0 Å². The molecule has 0 amide bonds. The fraction of sp³-hybridized carbons (Fsp3) is 0.0682. The van der Waals surface area contributed by atoms with Crippen LogP contribution in [0, 0.1) is 6.92 Å². The number of hydrogen-bond donors (Lipinski definition) is 0. The normalized spacial score (nSPS) is 13.6. The molecule has 1 atom stereocenters. The number of aromatic nitrogens is 1. The summed E-state index contributed by atoms with van der Waals surface area (Å²) in [5.41, 5.74) is 16.5. The van der Waals surface area contributed by atoms with Gasteiger partial charge in [0.05, 0.1) is 5.69 Å². The molecule has 2 nitrogen and oxygen atoms in total. The fourth-order valence-corrected chi connectivity index (χ4v) is 7.96. The molecular weight excluding hydrogens is 638 g/mol. The second-order valence-corrected chi connectivity index (χ2v) is 13.3.